The summed E-state index contributed by atoms with van der Waals surface area (Å²) in [7, 11) is 0. The van der Waals surface area contributed by atoms with Crippen LogP contribution in [0.15, 0.2) is 60.7 Å². The van der Waals surface area contributed by atoms with Gasteiger partial charge in [-0.3, -0.25) is 4.79 Å². The molecular weight excluding hydrogens is 368 g/mol. The molecule has 1 amide bonds. The number of H-pyrrole nitrogens is 1. The molecule has 0 spiro atoms. The SMILES string of the molecule is CCOc1cc(-c2n[nH]nc2C(N)=O)ccc1OCc1cccc2ccccc12. The molecule has 7 heteroatoms. The highest BCUT2D eigenvalue weighted by molar-refractivity contribution is 5.96. The van der Waals surface area contributed by atoms with Gasteiger partial charge in [0.2, 0.25) is 0 Å². The Morgan fingerprint density at radius 3 is 2.66 bits per heavy atom. The zero-order valence-electron chi connectivity index (χ0n) is 15.9. The minimum atomic E-state index is -0.650. The summed E-state index contributed by atoms with van der Waals surface area (Å²) < 4.78 is 11.8. The summed E-state index contributed by atoms with van der Waals surface area (Å²) in [6.45, 7) is 2.76. The number of rotatable bonds is 7. The predicted octanol–water partition coefficient (Wildman–Crippen LogP) is 3.70. The fourth-order valence-corrected chi connectivity index (χ4v) is 3.22. The fraction of sp³-hybridized carbons (Fsp3) is 0.136. The first-order valence-corrected chi connectivity index (χ1v) is 9.24. The van der Waals surface area contributed by atoms with E-state index in [-0.39, 0.29) is 5.69 Å². The van der Waals surface area contributed by atoms with Crippen molar-refractivity contribution >= 4 is 16.7 Å². The van der Waals surface area contributed by atoms with Gasteiger partial charge in [0.15, 0.2) is 17.2 Å². The Morgan fingerprint density at radius 2 is 1.83 bits per heavy atom. The van der Waals surface area contributed by atoms with Crippen LogP contribution in [0.4, 0.5) is 0 Å². The second kappa shape index (κ2) is 8.02. The Hall–Kier alpha value is -3.87. The summed E-state index contributed by atoms with van der Waals surface area (Å²) in [4.78, 5) is 11.5. The van der Waals surface area contributed by atoms with Crippen LogP contribution in [0, 0.1) is 0 Å². The van der Waals surface area contributed by atoms with Gasteiger partial charge in [0, 0.05) is 5.56 Å². The molecule has 0 radical (unpaired) electrons. The highest BCUT2D eigenvalue weighted by atomic mass is 16.5. The number of aromatic amines is 1. The monoisotopic (exact) mass is 388 g/mol. The van der Waals surface area contributed by atoms with Gasteiger partial charge in [0.25, 0.3) is 5.91 Å². The lowest BCUT2D eigenvalue weighted by molar-refractivity contribution is 0.0996. The molecule has 7 nitrogen and oxygen atoms in total. The first kappa shape index (κ1) is 18.5. The Bertz CT molecular complexity index is 1160. The van der Waals surface area contributed by atoms with Gasteiger partial charge in [-0.15, -0.1) is 0 Å². The van der Waals surface area contributed by atoms with E-state index in [1.54, 1.807) is 18.2 Å². The second-order valence-corrected chi connectivity index (χ2v) is 6.41. The number of carbonyl (C=O) groups excluding carboxylic acids is 1. The first-order valence-electron chi connectivity index (χ1n) is 9.24. The molecule has 3 aromatic carbocycles. The Kier molecular flexibility index (Phi) is 5.11. The minimum Gasteiger partial charge on any atom is -0.490 e. The van der Waals surface area contributed by atoms with Gasteiger partial charge in [-0.05, 0) is 41.5 Å². The van der Waals surface area contributed by atoms with Crippen LogP contribution in [-0.2, 0) is 6.61 Å². The highest BCUT2D eigenvalue weighted by Crippen LogP contribution is 2.34. The van der Waals surface area contributed by atoms with E-state index < -0.39 is 5.91 Å². The van der Waals surface area contributed by atoms with Crippen molar-refractivity contribution in [1.29, 1.82) is 0 Å². The number of ether oxygens (including phenoxy) is 2. The molecular formula is C22H20N4O3. The average molecular weight is 388 g/mol. The summed E-state index contributed by atoms with van der Waals surface area (Å²) in [6, 6.07) is 19.7. The third kappa shape index (κ3) is 3.75. The fourth-order valence-electron chi connectivity index (χ4n) is 3.22. The van der Waals surface area contributed by atoms with Crippen molar-refractivity contribution < 1.29 is 14.3 Å². The van der Waals surface area contributed by atoms with Crippen LogP contribution in [0.25, 0.3) is 22.0 Å². The number of aromatic nitrogens is 3. The summed E-state index contributed by atoms with van der Waals surface area (Å²) in [6.07, 6.45) is 0. The lowest BCUT2D eigenvalue weighted by Crippen LogP contribution is -2.12. The van der Waals surface area contributed by atoms with Gasteiger partial charge in [0.1, 0.15) is 12.3 Å². The van der Waals surface area contributed by atoms with Crippen LogP contribution in [0.3, 0.4) is 0 Å². The number of primary amides is 1. The number of fused-ring (bicyclic) bond motifs is 1. The Balaban J connectivity index is 1.63. The number of amides is 1. The maximum absolute atomic E-state index is 11.5. The molecule has 1 heterocycles. The van der Waals surface area contributed by atoms with E-state index in [4.69, 9.17) is 15.2 Å². The standard InChI is InChI=1S/C22H20N4O3/c1-2-28-19-12-15(20-21(22(23)27)25-26-24-20)10-11-18(19)29-13-16-8-5-7-14-6-3-4-9-17(14)16/h3-12H,2,13H2,1H3,(H2,23,27)(H,24,25,26). The maximum atomic E-state index is 11.5. The highest BCUT2D eigenvalue weighted by Gasteiger charge is 2.17. The van der Waals surface area contributed by atoms with E-state index in [1.165, 1.54) is 5.39 Å². The van der Waals surface area contributed by atoms with Crippen molar-refractivity contribution in [2.75, 3.05) is 6.61 Å². The third-order valence-electron chi connectivity index (χ3n) is 4.56. The molecule has 0 saturated heterocycles. The first-order chi connectivity index (χ1) is 14.2. The van der Waals surface area contributed by atoms with Crippen molar-refractivity contribution in [1.82, 2.24) is 15.4 Å². The van der Waals surface area contributed by atoms with Crippen LogP contribution in [0.5, 0.6) is 11.5 Å². The molecule has 0 fully saturated rings. The molecule has 0 aliphatic heterocycles. The normalized spacial score (nSPS) is 10.8. The molecule has 0 aliphatic rings. The van der Waals surface area contributed by atoms with Gasteiger partial charge in [-0.1, -0.05) is 42.5 Å². The molecule has 29 heavy (non-hydrogen) atoms. The van der Waals surface area contributed by atoms with Gasteiger partial charge >= 0.3 is 0 Å². The lowest BCUT2D eigenvalue weighted by Gasteiger charge is -2.14. The van der Waals surface area contributed by atoms with Gasteiger partial charge in [0.05, 0.1) is 6.61 Å². The number of nitrogens with one attached hydrogen (secondary N) is 1. The van der Waals surface area contributed by atoms with Crippen molar-refractivity contribution in [3.05, 3.63) is 71.9 Å². The number of hydrogen-bond acceptors (Lipinski definition) is 5. The Morgan fingerprint density at radius 1 is 1.00 bits per heavy atom. The zero-order valence-corrected chi connectivity index (χ0v) is 15.9. The smallest absolute Gasteiger partial charge is 0.271 e. The van der Waals surface area contributed by atoms with Gasteiger partial charge in [-0.2, -0.15) is 15.4 Å². The summed E-state index contributed by atoms with van der Waals surface area (Å²) in [5.74, 6) is 0.513. The van der Waals surface area contributed by atoms with E-state index in [2.05, 4.69) is 33.6 Å². The van der Waals surface area contributed by atoms with E-state index in [0.717, 1.165) is 10.9 Å². The van der Waals surface area contributed by atoms with Crippen molar-refractivity contribution in [3.8, 4) is 22.8 Å². The number of nitrogens with zero attached hydrogens (tertiary/aromatic N) is 2. The van der Waals surface area contributed by atoms with Crippen LogP contribution in [0.1, 0.15) is 23.0 Å². The van der Waals surface area contributed by atoms with Crippen molar-refractivity contribution in [2.24, 2.45) is 5.73 Å². The predicted molar refractivity (Wildman–Crippen MR) is 110 cm³/mol. The largest absolute Gasteiger partial charge is 0.490 e. The topological polar surface area (TPSA) is 103 Å². The maximum Gasteiger partial charge on any atom is 0.271 e. The number of benzene rings is 3. The molecule has 0 saturated carbocycles. The van der Waals surface area contributed by atoms with Crippen LogP contribution in [0.2, 0.25) is 0 Å². The molecule has 0 bridgehead atoms. The molecule has 4 aromatic rings. The lowest BCUT2D eigenvalue weighted by atomic mass is 10.1. The second-order valence-electron chi connectivity index (χ2n) is 6.41. The number of carbonyl (C=O) groups is 1. The van der Waals surface area contributed by atoms with Crippen LogP contribution >= 0.6 is 0 Å². The number of hydrogen-bond donors (Lipinski definition) is 2. The van der Waals surface area contributed by atoms with Crippen molar-refractivity contribution in [3.63, 3.8) is 0 Å². The van der Waals surface area contributed by atoms with Crippen molar-refractivity contribution in [2.45, 2.75) is 13.5 Å². The molecule has 0 atom stereocenters. The number of nitrogens with two attached hydrogens (primary N) is 1. The molecule has 4 rings (SSSR count). The van der Waals surface area contributed by atoms with Crippen LogP contribution < -0.4 is 15.2 Å². The van der Waals surface area contributed by atoms with Gasteiger partial charge in [-0.25, -0.2) is 0 Å². The van der Waals surface area contributed by atoms with Crippen LogP contribution in [-0.4, -0.2) is 27.9 Å². The average Bonchev–Trinajstić information content (AvgIpc) is 3.23. The van der Waals surface area contributed by atoms with E-state index in [0.29, 0.717) is 36.0 Å². The van der Waals surface area contributed by atoms with E-state index >= 15 is 0 Å². The van der Waals surface area contributed by atoms with Gasteiger partial charge < -0.3 is 15.2 Å². The quantitative estimate of drug-likeness (QED) is 0.502. The molecule has 0 aliphatic carbocycles. The Labute approximate surface area is 167 Å². The summed E-state index contributed by atoms with van der Waals surface area (Å²) >= 11 is 0. The van der Waals surface area contributed by atoms with E-state index in [1.807, 2.05) is 31.2 Å². The third-order valence-corrected chi connectivity index (χ3v) is 4.56. The molecule has 146 valence electrons. The summed E-state index contributed by atoms with van der Waals surface area (Å²) in [5.41, 5.74) is 7.56. The zero-order chi connectivity index (χ0) is 20.2. The molecule has 0 unspecified atom stereocenters. The van der Waals surface area contributed by atoms with E-state index in [9.17, 15) is 4.79 Å². The minimum absolute atomic E-state index is 0.0804. The molecule has 1 aromatic heterocycles. The summed E-state index contributed by atoms with van der Waals surface area (Å²) in [5, 5.41) is 12.6. The molecule has 3 N–H and O–H groups in total.